The van der Waals surface area contributed by atoms with E-state index in [-0.39, 0.29) is 11.7 Å². The van der Waals surface area contributed by atoms with Crippen LogP contribution < -0.4 is 10.1 Å². The molecule has 0 aromatic heterocycles. The van der Waals surface area contributed by atoms with Crippen molar-refractivity contribution in [3.8, 4) is 5.75 Å². The first-order valence-electron chi connectivity index (χ1n) is 5.32. The van der Waals surface area contributed by atoms with E-state index in [0.717, 1.165) is 10.6 Å². The molecule has 0 heterocycles. The summed E-state index contributed by atoms with van der Waals surface area (Å²) in [6.07, 6.45) is 0. The van der Waals surface area contributed by atoms with Crippen LogP contribution in [0.1, 0.15) is 6.92 Å². The second-order valence-corrected chi connectivity index (χ2v) is 4.64. The summed E-state index contributed by atoms with van der Waals surface area (Å²) in [7, 11) is 1.57. The van der Waals surface area contributed by atoms with Gasteiger partial charge in [0.1, 0.15) is 11.8 Å². The van der Waals surface area contributed by atoms with E-state index in [2.05, 4.69) is 5.32 Å². The lowest BCUT2D eigenvalue weighted by atomic mass is 10.3. The Morgan fingerprint density at radius 3 is 2.83 bits per heavy atom. The molecule has 1 unspecified atom stereocenters. The van der Waals surface area contributed by atoms with Gasteiger partial charge in [0.25, 0.3) is 0 Å². The van der Waals surface area contributed by atoms with Crippen molar-refractivity contribution in [3.63, 3.8) is 0 Å². The number of methoxy groups -OCH3 is 1. The van der Waals surface area contributed by atoms with Crippen molar-refractivity contribution in [1.29, 1.82) is 0 Å². The van der Waals surface area contributed by atoms with Crippen LogP contribution in [-0.4, -0.2) is 35.9 Å². The molecular formula is C12H15NO4S. The Balaban J connectivity index is 2.44. The summed E-state index contributed by atoms with van der Waals surface area (Å²) >= 11 is 1.33. The minimum absolute atomic E-state index is 0.171. The van der Waals surface area contributed by atoms with Crippen molar-refractivity contribution in [2.45, 2.75) is 17.9 Å². The molecule has 1 rings (SSSR count). The van der Waals surface area contributed by atoms with E-state index < -0.39 is 12.0 Å². The van der Waals surface area contributed by atoms with Gasteiger partial charge in [0.05, 0.1) is 12.9 Å². The summed E-state index contributed by atoms with van der Waals surface area (Å²) in [5.74, 6) is -0.461. The molecule has 0 bridgehead atoms. The second-order valence-electron chi connectivity index (χ2n) is 3.60. The van der Waals surface area contributed by atoms with Crippen LogP contribution in [0.4, 0.5) is 0 Å². The molecule has 0 aliphatic rings. The third-order valence-corrected chi connectivity index (χ3v) is 3.15. The van der Waals surface area contributed by atoms with Crippen molar-refractivity contribution < 1.29 is 19.4 Å². The Morgan fingerprint density at radius 1 is 1.50 bits per heavy atom. The lowest BCUT2D eigenvalue weighted by Gasteiger charge is -2.09. The number of thioether (sulfide) groups is 1. The maximum atomic E-state index is 11.5. The van der Waals surface area contributed by atoms with E-state index in [9.17, 15) is 9.59 Å². The summed E-state index contributed by atoms with van der Waals surface area (Å²) in [6, 6.07) is 6.46. The van der Waals surface area contributed by atoms with E-state index in [0.29, 0.717) is 0 Å². The molecule has 98 valence electrons. The number of carboxylic acids is 1. The molecule has 0 spiro atoms. The van der Waals surface area contributed by atoms with Gasteiger partial charge < -0.3 is 15.2 Å². The number of rotatable bonds is 6. The smallest absolute Gasteiger partial charge is 0.325 e. The summed E-state index contributed by atoms with van der Waals surface area (Å²) in [5.41, 5.74) is 0. The fourth-order valence-corrected chi connectivity index (χ4v) is 1.94. The molecule has 0 saturated heterocycles. The zero-order valence-electron chi connectivity index (χ0n) is 10.2. The molecule has 0 aliphatic carbocycles. The minimum atomic E-state index is -1.05. The van der Waals surface area contributed by atoms with Crippen LogP contribution >= 0.6 is 11.8 Å². The highest BCUT2D eigenvalue weighted by atomic mass is 32.2. The van der Waals surface area contributed by atoms with Crippen LogP contribution in [0, 0.1) is 0 Å². The lowest BCUT2D eigenvalue weighted by Crippen LogP contribution is -2.39. The van der Waals surface area contributed by atoms with E-state index in [4.69, 9.17) is 9.84 Å². The van der Waals surface area contributed by atoms with Gasteiger partial charge in [-0.3, -0.25) is 9.59 Å². The topological polar surface area (TPSA) is 75.6 Å². The largest absolute Gasteiger partial charge is 0.497 e. The summed E-state index contributed by atoms with van der Waals surface area (Å²) in [6.45, 7) is 1.43. The minimum Gasteiger partial charge on any atom is -0.497 e. The molecule has 0 fully saturated rings. The first kappa shape index (κ1) is 14.4. The van der Waals surface area contributed by atoms with Gasteiger partial charge >= 0.3 is 5.97 Å². The van der Waals surface area contributed by atoms with Gasteiger partial charge in [-0.1, -0.05) is 6.07 Å². The zero-order valence-corrected chi connectivity index (χ0v) is 11.0. The maximum absolute atomic E-state index is 11.5. The van der Waals surface area contributed by atoms with Gasteiger partial charge in [-0.15, -0.1) is 11.8 Å². The normalized spacial score (nSPS) is 11.7. The standard InChI is InChI=1S/C12H15NO4S/c1-8(12(15)16)13-11(14)7-18-10-5-3-4-9(6-10)17-2/h3-6,8H,7H2,1-2H3,(H,13,14)(H,15,16). The lowest BCUT2D eigenvalue weighted by molar-refractivity contribution is -0.140. The molecule has 1 atom stereocenters. The molecule has 0 radical (unpaired) electrons. The highest BCUT2D eigenvalue weighted by Gasteiger charge is 2.13. The van der Waals surface area contributed by atoms with Crippen molar-refractivity contribution in [3.05, 3.63) is 24.3 Å². The van der Waals surface area contributed by atoms with Crippen molar-refractivity contribution in [2.24, 2.45) is 0 Å². The first-order chi connectivity index (χ1) is 8.52. The Bertz CT molecular complexity index is 436. The van der Waals surface area contributed by atoms with Gasteiger partial charge in [0.2, 0.25) is 5.91 Å². The van der Waals surface area contributed by atoms with E-state index in [1.54, 1.807) is 7.11 Å². The first-order valence-corrected chi connectivity index (χ1v) is 6.30. The Kier molecular flexibility index (Phi) is 5.51. The third kappa shape index (κ3) is 4.67. The molecule has 0 aliphatic heterocycles. The highest BCUT2D eigenvalue weighted by Crippen LogP contribution is 2.22. The average molecular weight is 269 g/mol. The zero-order chi connectivity index (χ0) is 13.5. The number of carbonyl (C=O) groups is 2. The molecule has 5 nitrogen and oxygen atoms in total. The number of benzene rings is 1. The van der Waals surface area contributed by atoms with Crippen LogP contribution in [-0.2, 0) is 9.59 Å². The van der Waals surface area contributed by atoms with E-state index in [1.165, 1.54) is 18.7 Å². The molecule has 2 N–H and O–H groups in total. The molecule has 18 heavy (non-hydrogen) atoms. The van der Waals surface area contributed by atoms with Crippen LogP contribution in [0.2, 0.25) is 0 Å². The fraction of sp³-hybridized carbons (Fsp3) is 0.333. The molecular weight excluding hydrogens is 254 g/mol. The monoisotopic (exact) mass is 269 g/mol. The predicted molar refractivity (Wildman–Crippen MR) is 69.0 cm³/mol. The average Bonchev–Trinajstić information content (AvgIpc) is 2.36. The van der Waals surface area contributed by atoms with Crippen LogP contribution in [0.15, 0.2) is 29.2 Å². The number of hydrogen-bond acceptors (Lipinski definition) is 4. The van der Waals surface area contributed by atoms with Crippen molar-refractivity contribution in [1.82, 2.24) is 5.32 Å². The number of amides is 1. The van der Waals surface area contributed by atoms with Gasteiger partial charge in [0.15, 0.2) is 0 Å². The third-order valence-electron chi connectivity index (χ3n) is 2.16. The number of nitrogens with one attached hydrogen (secondary N) is 1. The number of ether oxygens (including phenoxy) is 1. The Labute approximate surface area is 110 Å². The van der Waals surface area contributed by atoms with Gasteiger partial charge in [-0.05, 0) is 25.1 Å². The summed E-state index contributed by atoms with van der Waals surface area (Å²) in [5, 5.41) is 11.0. The summed E-state index contributed by atoms with van der Waals surface area (Å²) < 4.78 is 5.07. The Hall–Kier alpha value is -1.69. The van der Waals surface area contributed by atoms with Gasteiger partial charge in [-0.25, -0.2) is 0 Å². The maximum Gasteiger partial charge on any atom is 0.325 e. The quantitative estimate of drug-likeness (QED) is 0.763. The van der Waals surface area contributed by atoms with Gasteiger partial charge in [0, 0.05) is 4.90 Å². The number of carbonyl (C=O) groups excluding carboxylic acids is 1. The molecule has 1 aromatic rings. The number of carboxylic acid groups (broad SMARTS) is 1. The highest BCUT2D eigenvalue weighted by molar-refractivity contribution is 8.00. The molecule has 6 heteroatoms. The summed E-state index contributed by atoms with van der Waals surface area (Å²) in [4.78, 5) is 22.9. The molecule has 0 saturated carbocycles. The Morgan fingerprint density at radius 2 is 2.22 bits per heavy atom. The number of hydrogen-bond donors (Lipinski definition) is 2. The fourth-order valence-electron chi connectivity index (χ4n) is 1.18. The van der Waals surface area contributed by atoms with Gasteiger partial charge in [-0.2, -0.15) is 0 Å². The van der Waals surface area contributed by atoms with E-state index >= 15 is 0 Å². The van der Waals surface area contributed by atoms with Crippen LogP contribution in [0.3, 0.4) is 0 Å². The second kappa shape index (κ2) is 6.90. The SMILES string of the molecule is COc1cccc(SCC(=O)NC(C)C(=O)O)c1. The van der Waals surface area contributed by atoms with Crippen LogP contribution in [0.5, 0.6) is 5.75 Å². The van der Waals surface area contributed by atoms with E-state index in [1.807, 2.05) is 24.3 Å². The van der Waals surface area contributed by atoms with Crippen LogP contribution in [0.25, 0.3) is 0 Å². The predicted octanol–water partition coefficient (Wildman–Crippen LogP) is 1.38. The molecule has 1 amide bonds. The van der Waals surface area contributed by atoms with Crippen molar-refractivity contribution in [2.75, 3.05) is 12.9 Å². The molecule has 1 aromatic carbocycles. The number of aliphatic carboxylic acids is 1. The van der Waals surface area contributed by atoms with Crippen molar-refractivity contribution >= 4 is 23.6 Å².